The summed E-state index contributed by atoms with van der Waals surface area (Å²) >= 11 is 6.28. The first-order valence-corrected chi connectivity index (χ1v) is 9.62. The summed E-state index contributed by atoms with van der Waals surface area (Å²) in [6.45, 7) is 5.84. The van der Waals surface area contributed by atoms with Crippen molar-refractivity contribution in [2.75, 3.05) is 4.90 Å². The number of ether oxygens (including phenoxy) is 1. The Morgan fingerprint density at radius 3 is 2.45 bits per heavy atom. The highest BCUT2D eigenvalue weighted by molar-refractivity contribution is 6.39. The number of benzene rings is 2. The maximum absolute atomic E-state index is 12.9. The zero-order valence-corrected chi connectivity index (χ0v) is 17.1. The molecular formula is C22H21ClN2O4. The molecule has 7 heteroatoms. The molecule has 1 aliphatic heterocycles. The average Bonchev–Trinajstić information content (AvgIpc) is 2.68. The molecule has 0 bridgehead atoms. The predicted molar refractivity (Wildman–Crippen MR) is 112 cm³/mol. The van der Waals surface area contributed by atoms with E-state index < -0.39 is 17.8 Å². The van der Waals surface area contributed by atoms with E-state index in [0.717, 1.165) is 16.9 Å². The van der Waals surface area contributed by atoms with Gasteiger partial charge < -0.3 is 4.74 Å². The molecule has 1 aliphatic rings. The molecule has 0 spiro atoms. The number of carbonyl (C=O) groups is 3. The average molecular weight is 413 g/mol. The van der Waals surface area contributed by atoms with E-state index >= 15 is 0 Å². The van der Waals surface area contributed by atoms with Crippen LogP contribution in [0.3, 0.4) is 0 Å². The van der Waals surface area contributed by atoms with E-state index in [1.165, 1.54) is 6.08 Å². The van der Waals surface area contributed by atoms with Crippen molar-refractivity contribution in [3.8, 4) is 5.75 Å². The summed E-state index contributed by atoms with van der Waals surface area (Å²) in [5, 5.41) is 2.57. The molecule has 3 rings (SSSR count). The minimum atomic E-state index is -0.781. The number of carbonyl (C=O) groups excluding carboxylic acids is 3. The lowest BCUT2D eigenvalue weighted by atomic mass is 10.1. The molecule has 1 saturated heterocycles. The van der Waals surface area contributed by atoms with Crippen LogP contribution in [-0.2, 0) is 9.59 Å². The Balaban J connectivity index is 1.92. The van der Waals surface area contributed by atoms with E-state index in [0.29, 0.717) is 22.0 Å². The highest BCUT2D eigenvalue weighted by Crippen LogP contribution is 2.29. The molecule has 0 saturated carbocycles. The smallest absolute Gasteiger partial charge is 0.335 e. The van der Waals surface area contributed by atoms with Crippen LogP contribution in [0, 0.1) is 6.92 Å². The second-order valence-electron chi connectivity index (χ2n) is 6.82. The lowest BCUT2D eigenvalue weighted by Crippen LogP contribution is -2.54. The van der Waals surface area contributed by atoms with Crippen molar-refractivity contribution >= 4 is 41.2 Å². The van der Waals surface area contributed by atoms with Crippen LogP contribution < -0.4 is 15.0 Å². The van der Waals surface area contributed by atoms with E-state index in [4.69, 9.17) is 16.3 Å². The molecule has 1 fully saturated rings. The molecule has 0 aromatic heterocycles. The van der Waals surface area contributed by atoms with Crippen LogP contribution in [0.2, 0.25) is 5.02 Å². The molecule has 1 N–H and O–H groups in total. The molecule has 0 aliphatic carbocycles. The van der Waals surface area contributed by atoms with Gasteiger partial charge in [0.25, 0.3) is 11.8 Å². The monoisotopic (exact) mass is 412 g/mol. The lowest BCUT2D eigenvalue weighted by Gasteiger charge is -2.26. The highest BCUT2D eigenvalue weighted by Gasteiger charge is 2.36. The highest BCUT2D eigenvalue weighted by atomic mass is 35.5. The first-order chi connectivity index (χ1) is 13.8. The van der Waals surface area contributed by atoms with Crippen LogP contribution in [-0.4, -0.2) is 23.9 Å². The minimum absolute atomic E-state index is 0.0106. The Morgan fingerprint density at radius 1 is 1.14 bits per heavy atom. The summed E-state index contributed by atoms with van der Waals surface area (Å²) in [5.74, 6) is -0.919. The van der Waals surface area contributed by atoms with E-state index in [1.807, 2.05) is 20.8 Å². The molecule has 1 atom stereocenters. The standard InChI is InChI=1S/C22H21ClN2O4/c1-4-14(3)29-19-10-7-15(12-18(19)23)11-17-20(26)24-22(28)25(21(17)27)16-8-5-13(2)6-9-16/h5-12,14H,4H2,1-3H3,(H,24,26,28)/b17-11+. The molecule has 2 aromatic rings. The third-order valence-electron chi connectivity index (χ3n) is 4.56. The topological polar surface area (TPSA) is 75.7 Å². The molecule has 150 valence electrons. The lowest BCUT2D eigenvalue weighted by molar-refractivity contribution is -0.122. The summed E-state index contributed by atoms with van der Waals surface area (Å²) in [6.07, 6.45) is 2.25. The third kappa shape index (κ3) is 4.49. The second kappa shape index (κ2) is 8.49. The maximum Gasteiger partial charge on any atom is 0.335 e. The Bertz CT molecular complexity index is 998. The van der Waals surface area contributed by atoms with Crippen LogP contribution >= 0.6 is 11.6 Å². The van der Waals surface area contributed by atoms with Crippen molar-refractivity contribution in [2.45, 2.75) is 33.3 Å². The van der Waals surface area contributed by atoms with Gasteiger partial charge in [-0.3, -0.25) is 14.9 Å². The predicted octanol–water partition coefficient (Wildman–Crippen LogP) is 4.49. The molecule has 1 unspecified atom stereocenters. The van der Waals surface area contributed by atoms with Crippen molar-refractivity contribution in [1.82, 2.24) is 5.32 Å². The van der Waals surface area contributed by atoms with Crippen molar-refractivity contribution < 1.29 is 19.1 Å². The number of imide groups is 2. The van der Waals surface area contributed by atoms with Gasteiger partial charge in [0.05, 0.1) is 16.8 Å². The zero-order chi connectivity index (χ0) is 21.1. The second-order valence-corrected chi connectivity index (χ2v) is 7.23. The first kappa shape index (κ1) is 20.6. The fraction of sp³-hybridized carbons (Fsp3) is 0.227. The Hall–Kier alpha value is -3.12. The largest absolute Gasteiger partial charge is 0.489 e. The van der Waals surface area contributed by atoms with Gasteiger partial charge in [-0.15, -0.1) is 0 Å². The number of hydrogen-bond donors (Lipinski definition) is 1. The van der Waals surface area contributed by atoms with Gasteiger partial charge in [0, 0.05) is 0 Å². The number of amides is 4. The summed E-state index contributed by atoms with van der Waals surface area (Å²) in [6, 6.07) is 11.1. The van der Waals surface area contributed by atoms with E-state index in [9.17, 15) is 14.4 Å². The molecule has 0 radical (unpaired) electrons. The number of urea groups is 1. The fourth-order valence-corrected chi connectivity index (χ4v) is 2.99. The maximum atomic E-state index is 12.9. The molecule has 29 heavy (non-hydrogen) atoms. The van der Waals surface area contributed by atoms with Gasteiger partial charge in [0.15, 0.2) is 0 Å². The third-order valence-corrected chi connectivity index (χ3v) is 4.86. The van der Waals surface area contributed by atoms with Crippen molar-refractivity contribution in [3.05, 3.63) is 64.2 Å². The van der Waals surface area contributed by atoms with Gasteiger partial charge in [-0.25, -0.2) is 9.69 Å². The van der Waals surface area contributed by atoms with Crippen molar-refractivity contribution in [3.63, 3.8) is 0 Å². The molecule has 2 aromatic carbocycles. The van der Waals surface area contributed by atoms with Crippen LogP contribution in [0.1, 0.15) is 31.4 Å². The van der Waals surface area contributed by atoms with Crippen LogP contribution in [0.4, 0.5) is 10.5 Å². The zero-order valence-electron chi connectivity index (χ0n) is 16.4. The summed E-state index contributed by atoms with van der Waals surface area (Å²) in [7, 11) is 0. The van der Waals surface area contributed by atoms with Gasteiger partial charge in [0.2, 0.25) is 0 Å². The van der Waals surface area contributed by atoms with E-state index in [2.05, 4.69) is 5.32 Å². The molecule has 6 nitrogen and oxygen atoms in total. The Kier molecular flexibility index (Phi) is 6.03. The van der Waals surface area contributed by atoms with E-state index in [-0.39, 0.29) is 11.7 Å². The number of nitrogens with one attached hydrogen (secondary N) is 1. The van der Waals surface area contributed by atoms with Crippen LogP contribution in [0.5, 0.6) is 5.75 Å². The number of barbiturate groups is 1. The number of halogens is 1. The number of aryl methyl sites for hydroxylation is 1. The number of anilines is 1. The van der Waals surface area contributed by atoms with Gasteiger partial charge >= 0.3 is 6.03 Å². The van der Waals surface area contributed by atoms with E-state index in [1.54, 1.807) is 42.5 Å². The van der Waals surface area contributed by atoms with Crippen LogP contribution in [0.15, 0.2) is 48.0 Å². The quantitative estimate of drug-likeness (QED) is 0.579. The van der Waals surface area contributed by atoms with Gasteiger partial charge in [-0.1, -0.05) is 42.3 Å². The number of nitrogens with zero attached hydrogens (tertiary/aromatic N) is 1. The molecule has 1 heterocycles. The first-order valence-electron chi connectivity index (χ1n) is 9.24. The molecule has 4 amide bonds. The Morgan fingerprint density at radius 2 is 1.83 bits per heavy atom. The van der Waals surface area contributed by atoms with Gasteiger partial charge in [0.1, 0.15) is 11.3 Å². The summed E-state index contributed by atoms with van der Waals surface area (Å²) in [5.41, 5.74) is 1.76. The fourth-order valence-electron chi connectivity index (χ4n) is 2.75. The van der Waals surface area contributed by atoms with Gasteiger partial charge in [-0.05, 0) is 56.2 Å². The molecular weight excluding hydrogens is 392 g/mol. The van der Waals surface area contributed by atoms with Crippen molar-refractivity contribution in [2.24, 2.45) is 0 Å². The van der Waals surface area contributed by atoms with Gasteiger partial charge in [-0.2, -0.15) is 0 Å². The van der Waals surface area contributed by atoms with Crippen molar-refractivity contribution in [1.29, 1.82) is 0 Å². The SMILES string of the molecule is CCC(C)Oc1ccc(/C=C2\C(=O)NC(=O)N(c3ccc(C)cc3)C2=O)cc1Cl. The normalized spacial score (nSPS) is 16.8. The minimum Gasteiger partial charge on any atom is -0.489 e. The van der Waals surface area contributed by atoms with Crippen LogP contribution in [0.25, 0.3) is 6.08 Å². The summed E-state index contributed by atoms with van der Waals surface area (Å²) < 4.78 is 5.73. The number of rotatable bonds is 5. The summed E-state index contributed by atoms with van der Waals surface area (Å²) in [4.78, 5) is 38.3. The Labute approximate surface area is 174 Å². The number of hydrogen-bond acceptors (Lipinski definition) is 4.